The van der Waals surface area contributed by atoms with Crippen LogP contribution in [0.4, 0.5) is 0 Å². The highest BCUT2D eigenvalue weighted by Gasteiger charge is 2.54. The van der Waals surface area contributed by atoms with Gasteiger partial charge in [-0.1, -0.05) is 82.3 Å². The van der Waals surface area contributed by atoms with E-state index in [1.807, 2.05) is 10.6 Å². The van der Waals surface area contributed by atoms with Gasteiger partial charge in [0.05, 0.1) is 11.1 Å². The first-order valence-electron chi connectivity index (χ1n) is 13.1. The smallest absolute Gasteiger partial charge is 0.326 e. The van der Waals surface area contributed by atoms with Gasteiger partial charge in [0.1, 0.15) is 5.69 Å². The zero-order valence-electron chi connectivity index (χ0n) is 22.0. The predicted molar refractivity (Wildman–Crippen MR) is 147 cm³/mol. The minimum absolute atomic E-state index is 0.322. The van der Waals surface area contributed by atoms with Crippen molar-refractivity contribution in [1.82, 2.24) is 4.98 Å². The third kappa shape index (κ3) is 2.80. The lowest BCUT2D eigenvalue weighted by molar-refractivity contribution is -0.829. The molecular formula is C33H31N2O2+. The van der Waals surface area contributed by atoms with Crippen molar-refractivity contribution in [2.75, 3.05) is 7.11 Å². The van der Waals surface area contributed by atoms with Crippen LogP contribution in [0.5, 0.6) is 0 Å². The molecule has 1 atom stereocenters. The van der Waals surface area contributed by atoms with Crippen LogP contribution in [-0.4, -0.2) is 17.2 Å². The highest BCUT2D eigenvalue weighted by Crippen LogP contribution is 2.55. The van der Waals surface area contributed by atoms with Crippen molar-refractivity contribution in [1.29, 1.82) is 0 Å². The molecule has 4 aromatic carbocycles. The Kier molecular flexibility index (Phi) is 4.56. The number of ether oxygens (including phenoxy) is 1. The Morgan fingerprint density at radius 2 is 1.57 bits per heavy atom. The average molecular weight is 488 g/mol. The van der Waals surface area contributed by atoms with Crippen molar-refractivity contribution in [3.63, 3.8) is 0 Å². The van der Waals surface area contributed by atoms with Crippen molar-refractivity contribution in [3.05, 3.63) is 95.3 Å². The van der Waals surface area contributed by atoms with Crippen molar-refractivity contribution in [3.8, 4) is 22.5 Å². The van der Waals surface area contributed by atoms with Gasteiger partial charge in [-0.3, -0.25) is 0 Å². The molecule has 1 aromatic heterocycles. The number of nitrogens with zero attached hydrogens (tertiary/aromatic N) is 2. The molecule has 0 saturated heterocycles. The molecule has 2 aliphatic rings. The van der Waals surface area contributed by atoms with Crippen LogP contribution in [0.25, 0.3) is 44.1 Å². The first-order chi connectivity index (χ1) is 17.8. The summed E-state index contributed by atoms with van der Waals surface area (Å²) < 4.78 is 7.78. The quantitative estimate of drug-likeness (QED) is 0.235. The molecule has 0 bridgehead atoms. The maximum absolute atomic E-state index is 12.2. The fraction of sp³-hybridized carbons (Fsp3) is 0.273. The number of hydrogen-bond donors (Lipinski definition) is 1. The highest BCUT2D eigenvalue weighted by atomic mass is 16.6. The fourth-order valence-electron chi connectivity index (χ4n) is 6.95. The molecule has 1 aliphatic heterocycles. The van der Waals surface area contributed by atoms with E-state index in [1.54, 1.807) is 13.4 Å². The Balaban J connectivity index is 1.62. The zero-order valence-corrected chi connectivity index (χ0v) is 22.0. The number of aliphatic hydroxyl groups is 1. The molecule has 5 aromatic rings. The predicted octanol–water partition coefficient (Wildman–Crippen LogP) is 6.46. The normalized spacial score (nSPS) is 18.8. The Bertz CT molecular complexity index is 1770. The van der Waals surface area contributed by atoms with Gasteiger partial charge >= 0.3 is 5.91 Å². The zero-order chi connectivity index (χ0) is 25.7. The Labute approximate surface area is 217 Å². The molecule has 2 heterocycles. The van der Waals surface area contributed by atoms with E-state index in [0.29, 0.717) is 5.92 Å². The minimum atomic E-state index is -1.64. The summed E-state index contributed by atoms with van der Waals surface area (Å²) in [5, 5.41) is 16.8. The summed E-state index contributed by atoms with van der Waals surface area (Å²) in [4.78, 5) is 4.97. The first-order valence-corrected chi connectivity index (χ1v) is 13.1. The monoisotopic (exact) mass is 487 g/mol. The minimum Gasteiger partial charge on any atom is -0.326 e. The largest absolute Gasteiger partial charge is 0.354 e. The van der Waals surface area contributed by atoms with Gasteiger partial charge in [-0.05, 0) is 62.1 Å². The van der Waals surface area contributed by atoms with E-state index < -0.39 is 5.91 Å². The molecular weight excluding hydrogens is 456 g/mol. The third-order valence-electron chi connectivity index (χ3n) is 8.40. The fourth-order valence-corrected chi connectivity index (χ4v) is 6.95. The third-order valence-corrected chi connectivity index (χ3v) is 8.40. The van der Waals surface area contributed by atoms with Gasteiger partial charge in [-0.25, -0.2) is 0 Å². The van der Waals surface area contributed by atoms with Crippen LogP contribution in [0.1, 0.15) is 49.9 Å². The Hall–Kier alpha value is -3.60. The van der Waals surface area contributed by atoms with Gasteiger partial charge < -0.3 is 9.84 Å². The summed E-state index contributed by atoms with van der Waals surface area (Å²) in [5.41, 5.74) is 8.37. The SMILES string of the molecule is COC1(O)c2c(cc(CC(C)C)c3ccccc23)-c2c3c(nc[n+]21)-c1ccc2ccccc2c1C3(C)C. The molecule has 4 nitrogen and oxygen atoms in total. The number of benzene rings is 4. The van der Waals surface area contributed by atoms with Crippen LogP contribution in [0, 0.1) is 5.92 Å². The molecule has 184 valence electrons. The Morgan fingerprint density at radius 3 is 2.30 bits per heavy atom. The summed E-state index contributed by atoms with van der Waals surface area (Å²) in [5.74, 6) is -1.14. The van der Waals surface area contributed by atoms with E-state index in [9.17, 15) is 5.11 Å². The number of rotatable bonds is 3. The topological polar surface area (TPSA) is 46.2 Å². The van der Waals surface area contributed by atoms with Crippen LogP contribution in [0.2, 0.25) is 0 Å². The number of hydrogen-bond acceptors (Lipinski definition) is 3. The molecule has 0 fully saturated rings. The second-order valence-electron chi connectivity index (χ2n) is 11.4. The number of methoxy groups -OCH3 is 1. The van der Waals surface area contributed by atoms with Crippen LogP contribution in [-0.2, 0) is 22.5 Å². The molecule has 1 unspecified atom stereocenters. The van der Waals surface area contributed by atoms with E-state index >= 15 is 0 Å². The van der Waals surface area contributed by atoms with Gasteiger partial charge in [0.2, 0.25) is 0 Å². The maximum atomic E-state index is 12.2. The lowest BCUT2D eigenvalue weighted by atomic mass is 9.78. The number of aromatic nitrogens is 2. The molecule has 0 saturated carbocycles. The molecule has 1 N–H and O–H groups in total. The molecule has 0 amide bonds. The summed E-state index contributed by atoms with van der Waals surface area (Å²) in [6.07, 6.45) is 2.72. The average Bonchev–Trinajstić information content (AvgIpc) is 3.29. The molecule has 0 radical (unpaired) electrons. The molecule has 0 spiro atoms. The van der Waals surface area contributed by atoms with Crippen molar-refractivity contribution in [2.24, 2.45) is 5.92 Å². The summed E-state index contributed by atoms with van der Waals surface area (Å²) in [7, 11) is 1.57. The van der Waals surface area contributed by atoms with Gasteiger partial charge in [0, 0.05) is 23.7 Å². The van der Waals surface area contributed by atoms with E-state index in [1.165, 1.54) is 27.5 Å². The highest BCUT2D eigenvalue weighted by molar-refractivity contribution is 6.00. The maximum Gasteiger partial charge on any atom is 0.354 e. The van der Waals surface area contributed by atoms with Gasteiger partial charge in [-0.2, -0.15) is 4.57 Å². The van der Waals surface area contributed by atoms with Crippen LogP contribution in [0.15, 0.2) is 73.1 Å². The second kappa shape index (κ2) is 7.47. The molecule has 37 heavy (non-hydrogen) atoms. The lowest BCUT2D eigenvalue weighted by Crippen LogP contribution is -2.57. The second-order valence-corrected chi connectivity index (χ2v) is 11.4. The van der Waals surface area contributed by atoms with Crippen LogP contribution < -0.4 is 4.57 Å². The summed E-state index contributed by atoms with van der Waals surface area (Å²) in [6, 6.07) is 23.6. The van der Waals surface area contributed by atoms with Crippen LogP contribution >= 0.6 is 0 Å². The standard InChI is InChI=1S/C33H31N2O2/c1-19(2)16-21-17-26-28(24-13-9-8-11-22(21)24)33(36,37-5)35-18-34-30-25-15-14-20-10-6-7-12-23(20)27(25)32(3,4)29(30)31(26)35/h6-15,17-19,36H,16H2,1-5H3/q+1. The van der Waals surface area contributed by atoms with Crippen molar-refractivity contribution in [2.45, 2.75) is 45.4 Å². The summed E-state index contributed by atoms with van der Waals surface area (Å²) in [6.45, 7) is 9.07. The van der Waals surface area contributed by atoms with Gasteiger partial charge in [0.15, 0.2) is 5.69 Å². The van der Waals surface area contributed by atoms with Crippen LogP contribution in [0.3, 0.4) is 0 Å². The molecule has 4 heteroatoms. The van der Waals surface area contributed by atoms with Crippen molar-refractivity contribution < 1.29 is 14.4 Å². The first kappa shape index (κ1) is 22.6. The molecule has 7 rings (SSSR count). The van der Waals surface area contributed by atoms with Gasteiger partial charge in [0.25, 0.3) is 6.33 Å². The lowest BCUT2D eigenvalue weighted by Gasteiger charge is -2.24. The van der Waals surface area contributed by atoms with E-state index in [4.69, 9.17) is 9.72 Å². The van der Waals surface area contributed by atoms with E-state index in [2.05, 4.69) is 88.4 Å². The molecule has 1 aliphatic carbocycles. The Morgan fingerprint density at radius 1 is 0.865 bits per heavy atom. The van der Waals surface area contributed by atoms with E-state index in [0.717, 1.165) is 45.3 Å². The number of fused-ring (bicyclic) bond motifs is 11. The summed E-state index contributed by atoms with van der Waals surface area (Å²) >= 11 is 0. The van der Waals surface area contributed by atoms with Crippen molar-refractivity contribution >= 4 is 21.5 Å². The van der Waals surface area contributed by atoms with E-state index in [-0.39, 0.29) is 5.41 Å². The van der Waals surface area contributed by atoms with Gasteiger partial charge in [-0.15, -0.1) is 0 Å².